The zero-order valence-corrected chi connectivity index (χ0v) is 11.4. The largest absolute Gasteiger partial charge is 0.480 e. The molecule has 108 valence electrons. The Bertz CT molecular complexity index is 701. The number of rotatable bonds is 2. The number of aliphatic carboxylic acids is 1. The Balaban J connectivity index is 1.93. The van der Waals surface area contributed by atoms with Crippen LogP contribution in [0.3, 0.4) is 0 Å². The lowest BCUT2D eigenvalue weighted by Gasteiger charge is -2.32. The molecule has 0 spiro atoms. The number of pyridine rings is 2. The molecule has 0 radical (unpaired) electrons. The second-order valence-electron chi connectivity index (χ2n) is 5.09. The molecule has 21 heavy (non-hydrogen) atoms. The summed E-state index contributed by atoms with van der Waals surface area (Å²) in [5.41, 5.74) is 0.738. The number of amides is 1. The molecule has 0 aliphatic carbocycles. The monoisotopic (exact) mass is 285 g/mol. The Morgan fingerprint density at radius 2 is 2.10 bits per heavy atom. The van der Waals surface area contributed by atoms with E-state index in [0.717, 1.165) is 18.2 Å². The fourth-order valence-corrected chi connectivity index (χ4v) is 2.65. The molecule has 1 aliphatic rings. The van der Waals surface area contributed by atoms with Crippen molar-refractivity contribution in [2.45, 2.75) is 25.3 Å². The molecule has 0 unspecified atom stereocenters. The fraction of sp³-hybridized carbons (Fsp3) is 0.333. The van der Waals surface area contributed by atoms with Crippen molar-refractivity contribution in [1.29, 1.82) is 0 Å². The normalized spacial score (nSPS) is 18.7. The van der Waals surface area contributed by atoms with Crippen LogP contribution in [0.4, 0.5) is 0 Å². The first-order chi connectivity index (χ1) is 10.2. The smallest absolute Gasteiger partial charge is 0.326 e. The summed E-state index contributed by atoms with van der Waals surface area (Å²) in [5, 5.41) is 10.1. The number of aromatic nitrogens is 2. The first-order valence-electron chi connectivity index (χ1n) is 6.92. The average Bonchev–Trinajstić information content (AvgIpc) is 2.53. The molecule has 3 heterocycles. The van der Waals surface area contributed by atoms with Crippen molar-refractivity contribution in [2.75, 3.05) is 6.54 Å². The van der Waals surface area contributed by atoms with Gasteiger partial charge in [0.2, 0.25) is 0 Å². The number of piperidine rings is 1. The molecule has 0 bridgehead atoms. The molecule has 1 amide bonds. The summed E-state index contributed by atoms with van der Waals surface area (Å²) in [6, 6.07) is 6.32. The van der Waals surface area contributed by atoms with Gasteiger partial charge in [0.05, 0.1) is 0 Å². The van der Waals surface area contributed by atoms with E-state index < -0.39 is 12.0 Å². The second-order valence-corrected chi connectivity index (χ2v) is 5.09. The summed E-state index contributed by atoms with van der Waals surface area (Å²) in [6.07, 6.45) is 3.76. The number of fused-ring (bicyclic) bond motifs is 1. The van der Waals surface area contributed by atoms with Crippen molar-refractivity contribution < 1.29 is 14.7 Å². The van der Waals surface area contributed by atoms with Crippen molar-refractivity contribution in [3.8, 4) is 0 Å². The van der Waals surface area contributed by atoms with Crippen LogP contribution in [-0.4, -0.2) is 44.4 Å². The number of carbonyl (C=O) groups excluding carboxylic acids is 1. The summed E-state index contributed by atoms with van der Waals surface area (Å²) in [4.78, 5) is 33.6. The van der Waals surface area contributed by atoms with Crippen LogP contribution in [0.5, 0.6) is 0 Å². The van der Waals surface area contributed by atoms with Gasteiger partial charge in [-0.15, -0.1) is 0 Å². The van der Waals surface area contributed by atoms with Crippen molar-refractivity contribution >= 4 is 22.9 Å². The molecule has 1 fully saturated rings. The molecule has 2 aromatic rings. The molecule has 0 aromatic carbocycles. The third kappa shape index (κ3) is 2.56. The maximum absolute atomic E-state index is 12.5. The van der Waals surface area contributed by atoms with Crippen LogP contribution in [-0.2, 0) is 4.79 Å². The van der Waals surface area contributed by atoms with E-state index >= 15 is 0 Å². The van der Waals surface area contributed by atoms with Crippen LogP contribution < -0.4 is 0 Å². The van der Waals surface area contributed by atoms with Crippen molar-refractivity contribution in [2.24, 2.45) is 0 Å². The summed E-state index contributed by atoms with van der Waals surface area (Å²) < 4.78 is 0. The minimum atomic E-state index is -0.957. The number of hydrogen-bond donors (Lipinski definition) is 1. The van der Waals surface area contributed by atoms with E-state index in [1.165, 1.54) is 4.90 Å². The standard InChI is InChI=1S/C15H15N3O3/c19-14(18-9-2-1-5-12(18)15(20)21)11-7-6-10-4-3-8-16-13(10)17-11/h3-4,6-8,12H,1-2,5,9H2,(H,20,21)/t12-/m0/s1. The van der Waals surface area contributed by atoms with Crippen LogP contribution in [0.15, 0.2) is 30.5 Å². The van der Waals surface area contributed by atoms with Crippen molar-refractivity contribution in [3.05, 3.63) is 36.2 Å². The minimum Gasteiger partial charge on any atom is -0.480 e. The molecule has 1 saturated heterocycles. The number of carboxylic acid groups (broad SMARTS) is 1. The summed E-state index contributed by atoms with van der Waals surface area (Å²) in [7, 11) is 0. The predicted octanol–water partition coefficient (Wildman–Crippen LogP) is 1.71. The zero-order valence-electron chi connectivity index (χ0n) is 11.4. The van der Waals surface area contributed by atoms with Gasteiger partial charge >= 0.3 is 5.97 Å². The van der Waals surface area contributed by atoms with Gasteiger partial charge in [-0.2, -0.15) is 0 Å². The lowest BCUT2D eigenvalue weighted by Crippen LogP contribution is -2.48. The molecule has 0 saturated carbocycles. The zero-order chi connectivity index (χ0) is 14.8. The van der Waals surface area contributed by atoms with Gasteiger partial charge in [0.1, 0.15) is 11.7 Å². The molecule has 6 heteroatoms. The summed E-state index contributed by atoms with van der Waals surface area (Å²) in [6.45, 7) is 0.456. The van der Waals surface area contributed by atoms with E-state index in [4.69, 9.17) is 0 Å². The second kappa shape index (κ2) is 5.47. The van der Waals surface area contributed by atoms with Crippen LogP contribution in [0, 0.1) is 0 Å². The first-order valence-corrected chi connectivity index (χ1v) is 6.92. The quantitative estimate of drug-likeness (QED) is 0.908. The van der Waals surface area contributed by atoms with Gasteiger partial charge in [-0.1, -0.05) is 0 Å². The average molecular weight is 285 g/mol. The Kier molecular flexibility index (Phi) is 3.51. The van der Waals surface area contributed by atoms with E-state index in [2.05, 4.69) is 9.97 Å². The summed E-state index contributed by atoms with van der Waals surface area (Å²) in [5.74, 6) is -1.29. The van der Waals surface area contributed by atoms with Crippen molar-refractivity contribution in [3.63, 3.8) is 0 Å². The highest BCUT2D eigenvalue weighted by Crippen LogP contribution is 2.20. The fourth-order valence-electron chi connectivity index (χ4n) is 2.65. The van der Waals surface area contributed by atoms with E-state index in [-0.39, 0.29) is 11.6 Å². The Morgan fingerprint density at radius 1 is 1.24 bits per heavy atom. The molecule has 1 atom stereocenters. The van der Waals surface area contributed by atoms with Crippen LogP contribution in [0.25, 0.3) is 11.0 Å². The third-order valence-electron chi connectivity index (χ3n) is 3.73. The number of hydrogen-bond acceptors (Lipinski definition) is 4. The summed E-state index contributed by atoms with van der Waals surface area (Å²) >= 11 is 0. The SMILES string of the molecule is O=C(O)[C@@H]1CCCCN1C(=O)c1ccc2cccnc2n1. The molecule has 1 aliphatic heterocycles. The van der Waals surface area contributed by atoms with Gasteiger partial charge < -0.3 is 10.0 Å². The van der Waals surface area contributed by atoms with E-state index in [1.807, 2.05) is 6.07 Å². The molecule has 6 nitrogen and oxygen atoms in total. The van der Waals surface area contributed by atoms with E-state index in [9.17, 15) is 14.7 Å². The number of carbonyl (C=O) groups is 2. The lowest BCUT2D eigenvalue weighted by atomic mass is 10.0. The molecule has 2 aromatic heterocycles. The van der Waals surface area contributed by atoms with Gasteiger partial charge in [-0.25, -0.2) is 14.8 Å². The Labute approximate surface area is 121 Å². The van der Waals surface area contributed by atoms with Gasteiger partial charge in [0.15, 0.2) is 5.65 Å². The highest BCUT2D eigenvalue weighted by molar-refractivity contribution is 5.96. The van der Waals surface area contributed by atoms with Gasteiger partial charge in [0, 0.05) is 18.1 Å². The first kappa shape index (κ1) is 13.5. The predicted molar refractivity (Wildman–Crippen MR) is 75.8 cm³/mol. The lowest BCUT2D eigenvalue weighted by molar-refractivity contribution is -0.143. The van der Waals surface area contributed by atoms with Gasteiger partial charge in [-0.3, -0.25) is 4.79 Å². The molecular formula is C15H15N3O3. The maximum atomic E-state index is 12.5. The highest BCUT2D eigenvalue weighted by Gasteiger charge is 2.33. The number of nitrogens with zero attached hydrogens (tertiary/aromatic N) is 3. The Morgan fingerprint density at radius 3 is 2.90 bits per heavy atom. The topological polar surface area (TPSA) is 83.4 Å². The van der Waals surface area contributed by atoms with Gasteiger partial charge in [0.25, 0.3) is 5.91 Å². The van der Waals surface area contributed by atoms with Crippen LogP contribution >= 0.6 is 0 Å². The van der Waals surface area contributed by atoms with E-state index in [1.54, 1.807) is 24.4 Å². The van der Waals surface area contributed by atoms with E-state index in [0.29, 0.717) is 18.6 Å². The van der Waals surface area contributed by atoms with Crippen LogP contribution in [0.2, 0.25) is 0 Å². The Hall–Kier alpha value is -2.50. The molecule has 1 N–H and O–H groups in total. The molecule has 3 rings (SSSR count). The highest BCUT2D eigenvalue weighted by atomic mass is 16.4. The van der Waals surface area contributed by atoms with Gasteiger partial charge in [-0.05, 0) is 43.5 Å². The molecular weight excluding hydrogens is 270 g/mol. The minimum absolute atomic E-state index is 0.245. The van der Waals surface area contributed by atoms with Crippen molar-refractivity contribution in [1.82, 2.24) is 14.9 Å². The number of carboxylic acids is 1. The third-order valence-corrected chi connectivity index (χ3v) is 3.73. The maximum Gasteiger partial charge on any atom is 0.326 e. The number of likely N-dealkylation sites (tertiary alicyclic amines) is 1. The van der Waals surface area contributed by atoms with Crippen LogP contribution in [0.1, 0.15) is 29.8 Å².